The Labute approximate surface area is 391 Å². The van der Waals surface area contributed by atoms with Gasteiger partial charge >= 0.3 is 0 Å². The summed E-state index contributed by atoms with van der Waals surface area (Å²) in [7, 11) is 1.24. The first-order valence-corrected chi connectivity index (χ1v) is 28.3. The van der Waals surface area contributed by atoms with E-state index in [1.54, 1.807) is 6.08 Å². The van der Waals surface area contributed by atoms with Gasteiger partial charge in [-0.25, -0.2) is 0 Å². The molecule has 8 nitrogen and oxygen atoms in total. The number of nitrogens with zero attached hydrogens (tertiary/aromatic N) is 1. The third-order valence-corrected chi connectivity index (χ3v) is 13.0. The van der Waals surface area contributed by atoms with E-state index in [2.05, 4.69) is 43.5 Å². The lowest BCUT2D eigenvalue weighted by molar-refractivity contribution is -0.870. The van der Waals surface area contributed by atoms with Crippen molar-refractivity contribution in [2.75, 3.05) is 40.9 Å². The van der Waals surface area contributed by atoms with Crippen molar-refractivity contribution in [3.05, 3.63) is 36.5 Å². The summed E-state index contributed by atoms with van der Waals surface area (Å²) in [6.07, 6.45) is 58.0. The lowest BCUT2D eigenvalue weighted by Crippen LogP contribution is -2.45. The lowest BCUT2D eigenvalue weighted by Gasteiger charge is -2.29. The standard InChI is InChI=1S/C54H105N2O6P/c1-6-8-10-12-14-16-18-20-22-23-24-25-26-27-28-29-30-31-32-33-34-36-38-40-42-44-46-48-54(58)55-52(51-62-63(59,60)61-50-49-56(3,4)5)53(57)47-45-43-41-39-37-35-21-19-17-15-13-11-9-7-2/h17,19,37,39,45,47,52-53,57H,6-16,18,20-36,38,40-44,46,48-51H2,1-5H3,(H-,55,58,59,60)/b19-17+,39-37+,47-45+. The lowest BCUT2D eigenvalue weighted by atomic mass is 10.0. The van der Waals surface area contributed by atoms with Gasteiger partial charge in [-0.05, 0) is 44.9 Å². The van der Waals surface area contributed by atoms with Crippen LogP contribution in [0.25, 0.3) is 0 Å². The van der Waals surface area contributed by atoms with Crippen molar-refractivity contribution >= 4 is 13.7 Å². The number of nitrogens with one attached hydrogen (secondary N) is 1. The van der Waals surface area contributed by atoms with Gasteiger partial charge in [0, 0.05) is 6.42 Å². The van der Waals surface area contributed by atoms with Crippen molar-refractivity contribution in [1.29, 1.82) is 0 Å². The molecule has 0 saturated heterocycles. The number of quaternary nitrogens is 1. The highest BCUT2D eigenvalue weighted by atomic mass is 31.2. The van der Waals surface area contributed by atoms with E-state index in [0.29, 0.717) is 17.4 Å². The second kappa shape index (κ2) is 45.9. The first kappa shape index (κ1) is 61.7. The second-order valence-electron chi connectivity index (χ2n) is 19.6. The number of unbranched alkanes of at least 4 members (excludes halogenated alkanes) is 32. The van der Waals surface area contributed by atoms with Gasteiger partial charge in [0.25, 0.3) is 7.82 Å². The molecule has 372 valence electrons. The number of phosphoric acid groups is 1. The van der Waals surface area contributed by atoms with Crippen LogP contribution < -0.4 is 10.2 Å². The molecule has 2 N–H and O–H groups in total. The van der Waals surface area contributed by atoms with Crippen LogP contribution in [0.4, 0.5) is 0 Å². The van der Waals surface area contributed by atoms with Crippen LogP contribution in [0.15, 0.2) is 36.5 Å². The molecule has 0 radical (unpaired) electrons. The molecule has 0 aromatic heterocycles. The van der Waals surface area contributed by atoms with Crippen molar-refractivity contribution in [2.45, 2.75) is 264 Å². The molecule has 0 aromatic rings. The molecule has 0 aliphatic carbocycles. The first-order chi connectivity index (χ1) is 30.5. The van der Waals surface area contributed by atoms with Crippen LogP contribution in [-0.2, 0) is 18.4 Å². The van der Waals surface area contributed by atoms with E-state index in [0.717, 1.165) is 44.9 Å². The van der Waals surface area contributed by atoms with Crippen molar-refractivity contribution in [2.24, 2.45) is 0 Å². The predicted molar refractivity (Wildman–Crippen MR) is 270 cm³/mol. The smallest absolute Gasteiger partial charge is 0.268 e. The van der Waals surface area contributed by atoms with Crippen molar-refractivity contribution in [3.63, 3.8) is 0 Å². The van der Waals surface area contributed by atoms with Crippen LogP contribution in [0.5, 0.6) is 0 Å². The number of rotatable bonds is 49. The topological polar surface area (TPSA) is 108 Å². The van der Waals surface area contributed by atoms with Crippen LogP contribution >= 0.6 is 7.82 Å². The molecule has 0 saturated carbocycles. The van der Waals surface area contributed by atoms with Crippen molar-refractivity contribution < 1.29 is 32.9 Å². The van der Waals surface area contributed by atoms with Crippen LogP contribution in [0.3, 0.4) is 0 Å². The van der Waals surface area contributed by atoms with E-state index in [-0.39, 0.29) is 12.5 Å². The zero-order valence-corrected chi connectivity index (χ0v) is 43.2. The number of hydrogen-bond donors (Lipinski definition) is 2. The second-order valence-corrected chi connectivity index (χ2v) is 21.0. The number of aliphatic hydroxyl groups is 1. The van der Waals surface area contributed by atoms with Gasteiger partial charge in [0.1, 0.15) is 13.2 Å². The van der Waals surface area contributed by atoms with Gasteiger partial charge in [-0.1, -0.05) is 237 Å². The maximum atomic E-state index is 12.9. The summed E-state index contributed by atoms with van der Waals surface area (Å²) in [5.41, 5.74) is 0. The van der Waals surface area contributed by atoms with E-state index in [4.69, 9.17) is 9.05 Å². The van der Waals surface area contributed by atoms with E-state index in [1.165, 1.54) is 186 Å². The van der Waals surface area contributed by atoms with Gasteiger partial charge in [0.05, 0.1) is 39.9 Å². The summed E-state index contributed by atoms with van der Waals surface area (Å²) in [5, 5.41) is 13.8. The number of carbonyl (C=O) groups excluding carboxylic acids is 1. The highest BCUT2D eigenvalue weighted by molar-refractivity contribution is 7.45. The minimum atomic E-state index is -4.60. The quantitative estimate of drug-likeness (QED) is 0.0272. The van der Waals surface area contributed by atoms with Crippen LogP contribution in [-0.4, -0.2) is 68.5 Å². The van der Waals surface area contributed by atoms with Crippen LogP contribution in [0.1, 0.15) is 251 Å². The summed E-state index contributed by atoms with van der Waals surface area (Å²) < 4.78 is 23.2. The molecular formula is C54H105N2O6P. The van der Waals surface area contributed by atoms with Crippen LogP contribution in [0, 0.1) is 0 Å². The van der Waals surface area contributed by atoms with Gasteiger partial charge in [-0.3, -0.25) is 9.36 Å². The Morgan fingerprint density at radius 3 is 1.29 bits per heavy atom. The van der Waals surface area contributed by atoms with Gasteiger partial charge in [-0.15, -0.1) is 0 Å². The zero-order valence-electron chi connectivity index (χ0n) is 42.3. The number of carbonyl (C=O) groups is 1. The predicted octanol–water partition coefficient (Wildman–Crippen LogP) is 15.2. The molecule has 0 aliphatic rings. The fourth-order valence-corrected chi connectivity index (χ4v) is 8.56. The average molecular weight is 909 g/mol. The van der Waals surface area contributed by atoms with Gasteiger partial charge in [0.2, 0.25) is 5.91 Å². The van der Waals surface area contributed by atoms with Crippen LogP contribution in [0.2, 0.25) is 0 Å². The molecular weight excluding hydrogens is 804 g/mol. The number of aliphatic hydroxyl groups excluding tert-OH is 1. The third kappa shape index (κ3) is 48.5. The van der Waals surface area contributed by atoms with Gasteiger partial charge < -0.3 is 28.8 Å². The van der Waals surface area contributed by atoms with Crippen molar-refractivity contribution in [1.82, 2.24) is 5.32 Å². The molecule has 0 fully saturated rings. The van der Waals surface area contributed by atoms with E-state index in [1.807, 2.05) is 27.2 Å². The Hall–Kier alpha value is -1.28. The van der Waals surface area contributed by atoms with Gasteiger partial charge in [-0.2, -0.15) is 0 Å². The molecule has 0 heterocycles. The minimum Gasteiger partial charge on any atom is -0.756 e. The third-order valence-electron chi connectivity index (χ3n) is 12.1. The van der Waals surface area contributed by atoms with Gasteiger partial charge in [0.15, 0.2) is 0 Å². The Morgan fingerprint density at radius 2 is 0.889 bits per heavy atom. The largest absolute Gasteiger partial charge is 0.756 e. The van der Waals surface area contributed by atoms with E-state index >= 15 is 0 Å². The number of phosphoric ester groups is 1. The normalized spacial score (nSPS) is 14.3. The fourth-order valence-electron chi connectivity index (χ4n) is 7.83. The number of hydrogen-bond acceptors (Lipinski definition) is 6. The summed E-state index contributed by atoms with van der Waals surface area (Å²) >= 11 is 0. The highest BCUT2D eigenvalue weighted by Gasteiger charge is 2.23. The molecule has 0 bridgehead atoms. The molecule has 63 heavy (non-hydrogen) atoms. The first-order valence-electron chi connectivity index (χ1n) is 26.9. The Kier molecular flexibility index (Phi) is 44.9. The molecule has 1 amide bonds. The number of amides is 1. The summed E-state index contributed by atoms with van der Waals surface area (Å²) in [5.74, 6) is -0.208. The number of likely N-dealkylation sites (N-methyl/N-ethyl adjacent to an activating group) is 1. The number of allylic oxidation sites excluding steroid dienone is 5. The zero-order chi connectivity index (χ0) is 46.4. The average Bonchev–Trinajstić information content (AvgIpc) is 3.24. The fraction of sp³-hybridized carbons (Fsp3) is 0.870. The molecule has 0 aliphatic heterocycles. The highest BCUT2D eigenvalue weighted by Crippen LogP contribution is 2.38. The van der Waals surface area contributed by atoms with Crippen molar-refractivity contribution in [3.8, 4) is 0 Å². The molecule has 3 unspecified atom stereocenters. The Balaban J connectivity index is 4.16. The minimum absolute atomic E-state index is 0.00769. The summed E-state index contributed by atoms with van der Waals surface area (Å²) in [6, 6.07) is -0.906. The maximum Gasteiger partial charge on any atom is 0.268 e. The molecule has 0 aromatic carbocycles. The van der Waals surface area contributed by atoms with E-state index in [9.17, 15) is 19.4 Å². The SMILES string of the molecule is CCCCCC/C=C/CC/C=C/CC/C=C/C(O)C(COP(=O)([O-])OCC[N+](C)(C)C)NC(=O)CCCCCCCCCCCCCCCCCCCCCCCCCCCCC. The maximum absolute atomic E-state index is 12.9. The monoisotopic (exact) mass is 909 g/mol. The Morgan fingerprint density at radius 1 is 0.540 bits per heavy atom. The molecule has 3 atom stereocenters. The molecule has 0 rings (SSSR count). The molecule has 0 spiro atoms. The summed E-state index contributed by atoms with van der Waals surface area (Å²) in [4.78, 5) is 25.4. The Bertz CT molecular complexity index is 1120. The summed E-state index contributed by atoms with van der Waals surface area (Å²) in [6.45, 7) is 4.62. The molecule has 9 heteroatoms. The van der Waals surface area contributed by atoms with E-state index < -0.39 is 26.6 Å².